The molecule has 0 radical (unpaired) electrons. The first kappa shape index (κ1) is 14.2. The summed E-state index contributed by atoms with van der Waals surface area (Å²) in [5, 5.41) is 15.3. The molecule has 2 rings (SSSR count). The third-order valence-electron chi connectivity index (χ3n) is 2.04. The molecule has 18 heavy (non-hydrogen) atoms. The van der Waals surface area contributed by atoms with E-state index in [2.05, 4.69) is 5.32 Å². The van der Waals surface area contributed by atoms with Gasteiger partial charge in [0.15, 0.2) is 10.5 Å². The van der Waals surface area contributed by atoms with Crippen LogP contribution in [0.5, 0.6) is 0 Å². The van der Waals surface area contributed by atoms with Crippen LogP contribution in [0.2, 0.25) is 0 Å². The van der Waals surface area contributed by atoms with Crippen molar-refractivity contribution in [2.75, 3.05) is 0 Å². The molecule has 0 aromatic carbocycles. The SMILES string of the molecule is [O-][n+]1ccccc1SC1(Cl)C=C(Cl)C(Cl)=C(Cl)N1. The van der Waals surface area contributed by atoms with Crippen molar-refractivity contribution in [3.63, 3.8) is 0 Å². The van der Waals surface area contributed by atoms with Gasteiger partial charge in [0.25, 0.3) is 5.03 Å². The van der Waals surface area contributed by atoms with Gasteiger partial charge in [-0.2, -0.15) is 4.73 Å². The molecule has 0 fully saturated rings. The van der Waals surface area contributed by atoms with Crippen LogP contribution in [0, 0.1) is 5.21 Å². The zero-order valence-corrected chi connectivity index (χ0v) is 12.5. The monoisotopic (exact) mass is 342 g/mol. The van der Waals surface area contributed by atoms with E-state index in [4.69, 9.17) is 46.4 Å². The van der Waals surface area contributed by atoms with Crippen molar-refractivity contribution in [2.45, 2.75) is 9.36 Å². The van der Waals surface area contributed by atoms with E-state index in [0.717, 1.165) is 11.8 Å². The maximum atomic E-state index is 11.5. The fraction of sp³-hybridized carbons (Fsp3) is 0.100. The average molecular weight is 344 g/mol. The van der Waals surface area contributed by atoms with E-state index in [1.807, 2.05) is 0 Å². The Morgan fingerprint density at radius 1 is 1.28 bits per heavy atom. The number of aromatic nitrogens is 1. The van der Waals surface area contributed by atoms with E-state index in [9.17, 15) is 5.21 Å². The molecule has 0 aliphatic carbocycles. The third kappa shape index (κ3) is 3.00. The molecule has 2 heterocycles. The molecule has 1 aromatic rings. The van der Waals surface area contributed by atoms with Gasteiger partial charge in [0, 0.05) is 12.1 Å². The van der Waals surface area contributed by atoms with E-state index >= 15 is 0 Å². The first-order valence-electron chi connectivity index (χ1n) is 4.69. The second kappa shape index (κ2) is 5.39. The van der Waals surface area contributed by atoms with Crippen LogP contribution >= 0.6 is 58.2 Å². The topological polar surface area (TPSA) is 39.0 Å². The largest absolute Gasteiger partial charge is 0.618 e. The maximum Gasteiger partial charge on any atom is 0.255 e. The molecule has 1 unspecified atom stereocenters. The van der Waals surface area contributed by atoms with E-state index in [0.29, 0.717) is 9.76 Å². The van der Waals surface area contributed by atoms with Gasteiger partial charge in [-0.3, -0.25) is 0 Å². The van der Waals surface area contributed by atoms with Gasteiger partial charge in [-0.15, -0.1) is 0 Å². The minimum absolute atomic E-state index is 0.139. The Bertz CT molecular complexity index is 548. The minimum atomic E-state index is -1.15. The highest BCUT2D eigenvalue weighted by molar-refractivity contribution is 8.01. The van der Waals surface area contributed by atoms with Gasteiger partial charge >= 0.3 is 0 Å². The van der Waals surface area contributed by atoms with E-state index < -0.39 is 4.33 Å². The summed E-state index contributed by atoms with van der Waals surface area (Å²) in [6.07, 6.45) is 2.86. The Hall–Kier alpha value is -0.260. The predicted octanol–water partition coefficient (Wildman–Crippen LogP) is 3.68. The predicted molar refractivity (Wildman–Crippen MR) is 75.6 cm³/mol. The van der Waals surface area contributed by atoms with Crippen LogP contribution in [0.4, 0.5) is 0 Å². The molecular formula is C10H6Cl4N2OS. The van der Waals surface area contributed by atoms with Crippen molar-refractivity contribution in [3.05, 3.63) is 50.9 Å². The van der Waals surface area contributed by atoms with Crippen molar-refractivity contribution in [2.24, 2.45) is 0 Å². The summed E-state index contributed by atoms with van der Waals surface area (Å²) in [4.78, 5) is 0. The van der Waals surface area contributed by atoms with Gasteiger partial charge < -0.3 is 10.5 Å². The number of pyridine rings is 1. The molecule has 0 bridgehead atoms. The molecular weight excluding hydrogens is 338 g/mol. The zero-order chi connectivity index (χ0) is 13.3. The van der Waals surface area contributed by atoms with Crippen LogP contribution in [0.3, 0.4) is 0 Å². The molecule has 0 amide bonds. The van der Waals surface area contributed by atoms with Crippen molar-refractivity contribution in [3.8, 4) is 0 Å². The number of allylic oxidation sites excluding steroid dienone is 2. The number of hydrogen-bond donors (Lipinski definition) is 1. The molecule has 1 atom stereocenters. The first-order valence-corrected chi connectivity index (χ1v) is 7.02. The molecule has 0 saturated carbocycles. The Morgan fingerprint density at radius 2 is 2.00 bits per heavy atom. The van der Waals surface area contributed by atoms with E-state index in [1.165, 1.54) is 12.3 Å². The number of halogens is 4. The lowest BCUT2D eigenvalue weighted by Crippen LogP contribution is -2.38. The van der Waals surface area contributed by atoms with E-state index in [1.54, 1.807) is 18.2 Å². The maximum absolute atomic E-state index is 11.5. The molecule has 1 aliphatic heterocycles. The molecule has 8 heteroatoms. The third-order valence-corrected chi connectivity index (χ3v) is 4.68. The van der Waals surface area contributed by atoms with Gasteiger partial charge in [-0.25, -0.2) is 0 Å². The summed E-state index contributed by atoms with van der Waals surface area (Å²) >= 11 is 25.0. The van der Waals surface area contributed by atoms with Crippen LogP contribution in [0.1, 0.15) is 0 Å². The van der Waals surface area contributed by atoms with E-state index in [-0.39, 0.29) is 15.2 Å². The zero-order valence-electron chi connectivity index (χ0n) is 8.66. The van der Waals surface area contributed by atoms with Crippen LogP contribution in [0.15, 0.2) is 50.7 Å². The summed E-state index contributed by atoms with van der Waals surface area (Å²) < 4.78 is -0.452. The van der Waals surface area contributed by atoms with Crippen molar-refractivity contribution in [1.29, 1.82) is 0 Å². The Morgan fingerprint density at radius 3 is 2.61 bits per heavy atom. The standard InChI is InChI=1S/C10H6Cl4N2OS/c11-6-5-10(14,15-9(13)8(6)12)18-7-3-1-2-4-16(7)17/h1-5,15H. The number of hydrogen-bond acceptors (Lipinski definition) is 3. The normalized spacial score (nSPS) is 23.7. The molecule has 96 valence electrons. The average Bonchev–Trinajstić information content (AvgIpc) is 2.29. The second-order valence-electron chi connectivity index (χ2n) is 3.36. The number of rotatable bonds is 2. The van der Waals surface area contributed by atoms with Crippen molar-refractivity contribution in [1.82, 2.24) is 5.32 Å². The van der Waals surface area contributed by atoms with Crippen LogP contribution in [0.25, 0.3) is 0 Å². The fourth-order valence-corrected chi connectivity index (χ4v) is 3.53. The number of nitrogens with one attached hydrogen (secondary N) is 1. The molecule has 0 saturated heterocycles. The molecule has 1 aromatic heterocycles. The molecule has 3 nitrogen and oxygen atoms in total. The summed E-state index contributed by atoms with van der Waals surface area (Å²) in [5.41, 5.74) is 0. The Labute approximate surface area is 128 Å². The number of dihydropyridines is 1. The summed E-state index contributed by atoms with van der Waals surface area (Å²) in [6, 6.07) is 4.99. The smallest absolute Gasteiger partial charge is 0.255 e. The van der Waals surface area contributed by atoms with Crippen molar-refractivity contribution >= 4 is 58.2 Å². The lowest BCUT2D eigenvalue weighted by atomic mass is 10.4. The summed E-state index contributed by atoms with van der Waals surface area (Å²) in [6.45, 7) is 0. The van der Waals surface area contributed by atoms with Crippen LogP contribution in [-0.2, 0) is 0 Å². The van der Waals surface area contributed by atoms with Crippen molar-refractivity contribution < 1.29 is 4.73 Å². The van der Waals surface area contributed by atoms with Gasteiger partial charge in [0.05, 0.1) is 10.1 Å². The summed E-state index contributed by atoms with van der Waals surface area (Å²) in [7, 11) is 0. The molecule has 1 aliphatic rings. The first-order chi connectivity index (χ1) is 8.41. The Balaban J connectivity index is 2.28. The Kier molecular flexibility index (Phi) is 4.24. The van der Waals surface area contributed by atoms with Crippen LogP contribution in [-0.4, -0.2) is 4.33 Å². The van der Waals surface area contributed by atoms with Gasteiger partial charge in [-0.05, 0) is 23.9 Å². The van der Waals surface area contributed by atoms with Gasteiger partial charge in [0.1, 0.15) is 5.16 Å². The lowest BCUT2D eigenvalue weighted by molar-refractivity contribution is -0.645. The van der Waals surface area contributed by atoms with Gasteiger partial charge in [-0.1, -0.05) is 46.4 Å². The fourth-order valence-electron chi connectivity index (χ4n) is 1.27. The number of thioether (sulfide) groups is 1. The summed E-state index contributed by atoms with van der Waals surface area (Å²) in [5.74, 6) is 0. The number of nitrogens with zero attached hydrogens (tertiary/aromatic N) is 1. The molecule has 1 N–H and O–H groups in total. The number of alkyl halides is 1. The molecule has 0 spiro atoms. The quantitative estimate of drug-likeness (QED) is 0.385. The highest BCUT2D eigenvalue weighted by Crippen LogP contribution is 2.42. The van der Waals surface area contributed by atoms with Crippen LogP contribution < -0.4 is 10.0 Å². The highest BCUT2D eigenvalue weighted by atomic mass is 35.5. The second-order valence-corrected chi connectivity index (χ2v) is 6.61. The van der Waals surface area contributed by atoms with Gasteiger partial charge in [0.2, 0.25) is 0 Å². The highest BCUT2D eigenvalue weighted by Gasteiger charge is 2.34. The lowest BCUT2D eigenvalue weighted by Gasteiger charge is -2.28. The minimum Gasteiger partial charge on any atom is -0.618 e.